The maximum atomic E-state index is 13.6. The molecule has 3 rings (SSSR count). The van der Waals surface area contributed by atoms with Gasteiger partial charge in [-0.2, -0.15) is 0 Å². The van der Waals surface area contributed by atoms with E-state index in [2.05, 4.69) is 5.32 Å². The molecular weight excluding hydrogens is 342 g/mol. The van der Waals surface area contributed by atoms with Crippen LogP contribution in [0.25, 0.3) is 0 Å². The van der Waals surface area contributed by atoms with Crippen molar-refractivity contribution < 1.29 is 23.1 Å². The highest BCUT2D eigenvalue weighted by Crippen LogP contribution is 2.36. The molecule has 1 aliphatic heterocycles. The number of benzene rings is 2. The summed E-state index contributed by atoms with van der Waals surface area (Å²) in [5.41, 5.74) is 4.89. The number of halogens is 2. The monoisotopic (exact) mass is 360 g/mol. The summed E-state index contributed by atoms with van der Waals surface area (Å²) in [4.78, 5) is 24.4. The molecule has 7 heteroatoms. The fourth-order valence-corrected chi connectivity index (χ4v) is 3.18. The van der Waals surface area contributed by atoms with Gasteiger partial charge < -0.3 is 15.8 Å². The van der Waals surface area contributed by atoms with E-state index in [1.165, 1.54) is 24.3 Å². The van der Waals surface area contributed by atoms with Crippen molar-refractivity contribution in [3.63, 3.8) is 0 Å². The number of nitrogens with two attached hydrogens (primary N) is 1. The molecule has 0 aromatic heterocycles. The number of nitrogens with one attached hydrogen (secondary N) is 1. The van der Waals surface area contributed by atoms with Gasteiger partial charge in [0.15, 0.2) is 0 Å². The lowest BCUT2D eigenvalue weighted by molar-refractivity contribution is -0.125. The minimum absolute atomic E-state index is 0.262. The third kappa shape index (κ3) is 3.43. The van der Waals surface area contributed by atoms with E-state index in [0.29, 0.717) is 31.6 Å². The molecule has 0 unspecified atom stereocenters. The number of carbonyl (C=O) groups excluding carboxylic acids is 2. The quantitative estimate of drug-likeness (QED) is 0.880. The van der Waals surface area contributed by atoms with Crippen molar-refractivity contribution >= 4 is 17.5 Å². The fraction of sp³-hybridized carbons (Fsp3) is 0.263. The minimum Gasteiger partial charge on any atom is -0.381 e. The van der Waals surface area contributed by atoms with Crippen LogP contribution in [0.5, 0.6) is 0 Å². The second kappa shape index (κ2) is 7.21. The molecule has 0 aliphatic carbocycles. The first kappa shape index (κ1) is 18.0. The summed E-state index contributed by atoms with van der Waals surface area (Å²) in [6, 6.07) is 9.42. The van der Waals surface area contributed by atoms with Gasteiger partial charge in [0.1, 0.15) is 11.6 Å². The van der Waals surface area contributed by atoms with Gasteiger partial charge in [0.2, 0.25) is 5.91 Å². The summed E-state index contributed by atoms with van der Waals surface area (Å²) in [5, 5.41) is 2.73. The molecule has 1 aliphatic rings. The Kier molecular flexibility index (Phi) is 4.99. The van der Waals surface area contributed by atoms with Gasteiger partial charge in [0, 0.05) is 18.9 Å². The third-order valence-corrected chi connectivity index (χ3v) is 4.67. The Morgan fingerprint density at radius 1 is 1.04 bits per heavy atom. The molecule has 1 fully saturated rings. The zero-order valence-corrected chi connectivity index (χ0v) is 13.9. The van der Waals surface area contributed by atoms with E-state index < -0.39 is 17.1 Å². The number of hydrogen-bond donors (Lipinski definition) is 2. The molecule has 3 N–H and O–H groups in total. The third-order valence-electron chi connectivity index (χ3n) is 4.67. The van der Waals surface area contributed by atoms with Gasteiger partial charge in [0.05, 0.1) is 11.0 Å². The fourth-order valence-electron chi connectivity index (χ4n) is 3.18. The van der Waals surface area contributed by atoms with Crippen LogP contribution in [-0.2, 0) is 14.9 Å². The number of amides is 2. The van der Waals surface area contributed by atoms with Crippen LogP contribution >= 0.6 is 0 Å². The number of primary amides is 1. The molecular formula is C19H18F2N2O3. The predicted octanol–water partition coefficient (Wildman–Crippen LogP) is 2.75. The van der Waals surface area contributed by atoms with Crippen molar-refractivity contribution in [2.45, 2.75) is 18.3 Å². The molecule has 1 saturated heterocycles. The lowest BCUT2D eigenvalue weighted by Crippen LogP contribution is -2.44. The van der Waals surface area contributed by atoms with Crippen LogP contribution in [0.4, 0.5) is 14.5 Å². The van der Waals surface area contributed by atoms with E-state index >= 15 is 0 Å². The summed E-state index contributed by atoms with van der Waals surface area (Å²) in [5.74, 6) is -2.39. The maximum Gasteiger partial charge on any atom is 0.251 e. The average Bonchev–Trinajstić information content (AvgIpc) is 2.64. The van der Waals surface area contributed by atoms with Gasteiger partial charge in [-0.25, -0.2) is 8.78 Å². The summed E-state index contributed by atoms with van der Waals surface area (Å²) in [6.07, 6.45) is 0.850. The van der Waals surface area contributed by atoms with Gasteiger partial charge in [-0.15, -0.1) is 0 Å². The number of ether oxygens (including phenoxy) is 1. The number of hydrogen-bond acceptors (Lipinski definition) is 3. The molecule has 0 spiro atoms. The highest BCUT2D eigenvalue weighted by Gasteiger charge is 2.41. The van der Waals surface area contributed by atoms with Crippen molar-refractivity contribution in [3.05, 3.63) is 65.2 Å². The maximum absolute atomic E-state index is 13.6. The van der Waals surface area contributed by atoms with E-state index in [9.17, 15) is 18.4 Å². The SMILES string of the molecule is NC(=O)c1cc(NC(=O)C2(c3ccc(F)cc3)CCOCC2)ccc1F. The van der Waals surface area contributed by atoms with Crippen molar-refractivity contribution in [2.75, 3.05) is 18.5 Å². The van der Waals surface area contributed by atoms with E-state index in [1.807, 2.05) is 0 Å². The minimum atomic E-state index is -0.919. The molecule has 26 heavy (non-hydrogen) atoms. The van der Waals surface area contributed by atoms with Crippen molar-refractivity contribution in [1.29, 1.82) is 0 Å². The van der Waals surface area contributed by atoms with Gasteiger partial charge in [-0.1, -0.05) is 12.1 Å². The second-order valence-electron chi connectivity index (χ2n) is 6.21. The molecule has 2 aromatic rings. The molecule has 1 heterocycles. The van der Waals surface area contributed by atoms with Crippen LogP contribution in [0, 0.1) is 11.6 Å². The summed E-state index contributed by atoms with van der Waals surface area (Å²) in [7, 11) is 0. The lowest BCUT2D eigenvalue weighted by Gasteiger charge is -2.36. The summed E-state index contributed by atoms with van der Waals surface area (Å²) in [6.45, 7) is 0.779. The number of carbonyl (C=O) groups is 2. The Morgan fingerprint density at radius 2 is 1.69 bits per heavy atom. The number of anilines is 1. The average molecular weight is 360 g/mol. The predicted molar refractivity (Wildman–Crippen MR) is 91.7 cm³/mol. The first-order valence-electron chi connectivity index (χ1n) is 8.17. The lowest BCUT2D eigenvalue weighted by atomic mass is 9.73. The Balaban J connectivity index is 1.93. The molecule has 0 saturated carbocycles. The highest BCUT2D eigenvalue weighted by molar-refractivity contribution is 6.01. The van der Waals surface area contributed by atoms with Gasteiger partial charge in [0.25, 0.3) is 5.91 Å². The van der Waals surface area contributed by atoms with E-state index in [0.717, 1.165) is 6.07 Å². The molecule has 0 bridgehead atoms. The standard InChI is InChI=1S/C19H18F2N2O3/c20-13-3-1-12(2-4-13)19(7-9-26-10-8-19)18(25)23-14-5-6-16(21)15(11-14)17(22)24/h1-6,11H,7-10H2,(H2,22,24)(H,23,25). The normalized spacial score (nSPS) is 16.1. The first-order valence-corrected chi connectivity index (χ1v) is 8.17. The topological polar surface area (TPSA) is 81.4 Å². The van der Waals surface area contributed by atoms with Crippen LogP contribution in [0.3, 0.4) is 0 Å². The van der Waals surface area contributed by atoms with E-state index in [1.54, 1.807) is 12.1 Å². The highest BCUT2D eigenvalue weighted by atomic mass is 19.1. The van der Waals surface area contributed by atoms with Crippen LogP contribution < -0.4 is 11.1 Å². The largest absolute Gasteiger partial charge is 0.381 e. The van der Waals surface area contributed by atoms with Crippen molar-refractivity contribution in [1.82, 2.24) is 0 Å². The van der Waals surface area contributed by atoms with E-state index in [4.69, 9.17) is 10.5 Å². The van der Waals surface area contributed by atoms with Crippen LogP contribution in [0.2, 0.25) is 0 Å². The van der Waals surface area contributed by atoms with Gasteiger partial charge in [-0.3, -0.25) is 9.59 Å². The molecule has 2 amide bonds. The summed E-state index contributed by atoms with van der Waals surface area (Å²) >= 11 is 0. The molecule has 136 valence electrons. The van der Waals surface area contributed by atoms with Crippen LogP contribution in [0.15, 0.2) is 42.5 Å². The molecule has 0 radical (unpaired) electrons. The Bertz CT molecular complexity index is 831. The van der Waals surface area contributed by atoms with Gasteiger partial charge in [-0.05, 0) is 48.7 Å². The molecule has 5 nitrogen and oxygen atoms in total. The number of rotatable bonds is 4. The zero-order valence-electron chi connectivity index (χ0n) is 13.9. The first-order chi connectivity index (χ1) is 12.4. The Labute approximate surface area is 149 Å². The van der Waals surface area contributed by atoms with E-state index in [-0.39, 0.29) is 23.0 Å². The summed E-state index contributed by atoms with van der Waals surface area (Å²) < 4.78 is 32.3. The molecule has 0 atom stereocenters. The molecule has 2 aromatic carbocycles. The van der Waals surface area contributed by atoms with Crippen LogP contribution in [-0.4, -0.2) is 25.0 Å². The second-order valence-corrected chi connectivity index (χ2v) is 6.21. The van der Waals surface area contributed by atoms with Gasteiger partial charge >= 0.3 is 0 Å². The van der Waals surface area contributed by atoms with Crippen molar-refractivity contribution in [3.8, 4) is 0 Å². The van der Waals surface area contributed by atoms with Crippen LogP contribution in [0.1, 0.15) is 28.8 Å². The zero-order chi connectivity index (χ0) is 18.7. The Hall–Kier alpha value is -2.80. The smallest absolute Gasteiger partial charge is 0.251 e. The Morgan fingerprint density at radius 3 is 2.31 bits per heavy atom. The van der Waals surface area contributed by atoms with Crippen molar-refractivity contribution in [2.24, 2.45) is 5.73 Å².